The van der Waals surface area contributed by atoms with E-state index < -0.39 is 5.60 Å². The van der Waals surface area contributed by atoms with Crippen LogP contribution >= 0.6 is 0 Å². The smallest absolute Gasteiger partial charge is 0.410 e. The highest BCUT2D eigenvalue weighted by Gasteiger charge is 2.39. The monoisotopic (exact) mass is 312 g/mol. The molecule has 0 unspecified atom stereocenters. The minimum absolute atomic E-state index is 0.00984. The van der Waals surface area contributed by atoms with Crippen molar-refractivity contribution in [2.24, 2.45) is 5.92 Å². The minimum atomic E-state index is -0.502. The van der Waals surface area contributed by atoms with Gasteiger partial charge in [0.2, 0.25) is 5.91 Å². The quantitative estimate of drug-likeness (QED) is 0.742. The minimum Gasteiger partial charge on any atom is -0.444 e. The normalized spacial score (nSPS) is 29.6. The fourth-order valence-corrected chi connectivity index (χ4v) is 3.17. The van der Waals surface area contributed by atoms with Crippen molar-refractivity contribution >= 4 is 12.0 Å². The van der Waals surface area contributed by atoms with Gasteiger partial charge in [-0.15, -0.1) is 0 Å². The van der Waals surface area contributed by atoms with Crippen LogP contribution in [0.5, 0.6) is 0 Å². The van der Waals surface area contributed by atoms with Crippen LogP contribution in [0.15, 0.2) is 0 Å². The molecule has 6 heteroatoms. The van der Waals surface area contributed by atoms with E-state index in [0.717, 1.165) is 6.42 Å². The van der Waals surface area contributed by atoms with Crippen LogP contribution in [0, 0.1) is 5.92 Å². The van der Waals surface area contributed by atoms with Gasteiger partial charge >= 0.3 is 6.09 Å². The topological polar surface area (TPSA) is 59.1 Å². The molecule has 0 N–H and O–H groups in total. The number of rotatable bonds is 1. The highest BCUT2D eigenvalue weighted by atomic mass is 16.6. The van der Waals surface area contributed by atoms with Gasteiger partial charge in [0.1, 0.15) is 5.60 Å². The van der Waals surface area contributed by atoms with Crippen LogP contribution in [0.3, 0.4) is 0 Å². The van der Waals surface area contributed by atoms with Gasteiger partial charge in [-0.3, -0.25) is 4.79 Å². The molecule has 2 saturated heterocycles. The molecule has 0 saturated carbocycles. The Morgan fingerprint density at radius 3 is 2.18 bits per heavy atom. The summed E-state index contributed by atoms with van der Waals surface area (Å²) in [6, 6.07) is -0.0197. The van der Waals surface area contributed by atoms with E-state index in [1.54, 1.807) is 4.90 Å². The van der Waals surface area contributed by atoms with E-state index in [4.69, 9.17) is 9.47 Å². The predicted octanol–water partition coefficient (Wildman–Crippen LogP) is 1.88. The molecule has 22 heavy (non-hydrogen) atoms. The standard InChI is InChI=1S/C16H28N2O4/c1-11-8-17(15(20)22-16(3,4)5)9-12(2)18(11)14(19)13-6-7-21-10-13/h11-13H,6-10H2,1-5H3/t11-,12+,13-/m0/s1. The molecule has 2 amide bonds. The summed E-state index contributed by atoms with van der Waals surface area (Å²) in [6.07, 6.45) is 0.493. The Morgan fingerprint density at radius 1 is 1.14 bits per heavy atom. The van der Waals surface area contributed by atoms with Crippen molar-refractivity contribution in [2.45, 2.75) is 58.7 Å². The molecular formula is C16H28N2O4. The summed E-state index contributed by atoms with van der Waals surface area (Å²) in [6.45, 7) is 11.8. The third kappa shape index (κ3) is 3.91. The third-order valence-electron chi connectivity index (χ3n) is 4.10. The van der Waals surface area contributed by atoms with Crippen molar-refractivity contribution in [3.8, 4) is 0 Å². The van der Waals surface area contributed by atoms with Gasteiger partial charge in [0.25, 0.3) is 0 Å². The highest BCUT2D eigenvalue weighted by Crippen LogP contribution is 2.23. The van der Waals surface area contributed by atoms with Gasteiger partial charge in [-0.1, -0.05) is 0 Å². The fraction of sp³-hybridized carbons (Fsp3) is 0.875. The highest BCUT2D eigenvalue weighted by molar-refractivity contribution is 5.80. The Bertz CT molecular complexity index is 414. The average molecular weight is 312 g/mol. The Labute approximate surface area is 132 Å². The molecule has 0 bridgehead atoms. The second kappa shape index (κ2) is 6.44. The van der Waals surface area contributed by atoms with Crippen LogP contribution in [0.25, 0.3) is 0 Å². The lowest BCUT2D eigenvalue weighted by molar-refractivity contribution is -0.143. The summed E-state index contributed by atoms with van der Waals surface area (Å²) in [5.74, 6) is 0.124. The van der Waals surface area contributed by atoms with Crippen molar-refractivity contribution in [3.05, 3.63) is 0 Å². The van der Waals surface area contributed by atoms with Gasteiger partial charge < -0.3 is 19.3 Å². The van der Waals surface area contributed by atoms with Gasteiger partial charge in [-0.2, -0.15) is 0 Å². The third-order valence-corrected chi connectivity index (χ3v) is 4.10. The maximum absolute atomic E-state index is 12.6. The van der Waals surface area contributed by atoms with E-state index in [1.807, 2.05) is 39.5 Å². The Morgan fingerprint density at radius 2 is 1.73 bits per heavy atom. The largest absolute Gasteiger partial charge is 0.444 e. The summed E-state index contributed by atoms with van der Waals surface area (Å²) in [4.78, 5) is 28.5. The summed E-state index contributed by atoms with van der Waals surface area (Å²) in [5, 5.41) is 0. The van der Waals surface area contributed by atoms with E-state index in [9.17, 15) is 9.59 Å². The van der Waals surface area contributed by atoms with Gasteiger partial charge in [0, 0.05) is 31.8 Å². The number of hydrogen-bond donors (Lipinski definition) is 0. The van der Waals surface area contributed by atoms with Crippen LogP contribution in [-0.4, -0.2) is 65.8 Å². The molecule has 2 rings (SSSR count). The van der Waals surface area contributed by atoms with Gasteiger partial charge in [-0.25, -0.2) is 4.79 Å². The molecule has 0 aromatic rings. The van der Waals surface area contributed by atoms with Crippen molar-refractivity contribution in [3.63, 3.8) is 0 Å². The van der Waals surface area contributed by atoms with Crippen LogP contribution < -0.4 is 0 Å². The SMILES string of the molecule is C[C@@H]1CN(C(=O)OC(C)(C)C)C[C@H](C)N1C(=O)[C@H]1CCOC1. The number of carbonyl (C=O) groups is 2. The molecule has 0 spiro atoms. The first kappa shape index (κ1) is 17.1. The first-order valence-corrected chi connectivity index (χ1v) is 8.07. The molecule has 2 aliphatic rings. The van der Waals surface area contributed by atoms with Crippen molar-refractivity contribution < 1.29 is 19.1 Å². The number of nitrogens with zero attached hydrogens (tertiary/aromatic N) is 2. The molecule has 2 fully saturated rings. The molecule has 126 valence electrons. The molecule has 0 aliphatic carbocycles. The molecular weight excluding hydrogens is 284 g/mol. The van der Waals surface area contributed by atoms with Crippen LogP contribution in [0.1, 0.15) is 41.0 Å². The van der Waals surface area contributed by atoms with Gasteiger partial charge in [0.05, 0.1) is 12.5 Å². The molecule has 6 nitrogen and oxygen atoms in total. The lowest BCUT2D eigenvalue weighted by Crippen LogP contribution is -2.61. The maximum Gasteiger partial charge on any atom is 0.410 e. The zero-order valence-corrected chi connectivity index (χ0v) is 14.3. The Balaban J connectivity index is 1.99. The van der Waals surface area contributed by atoms with E-state index in [-0.39, 0.29) is 30.0 Å². The van der Waals surface area contributed by atoms with Crippen molar-refractivity contribution in [2.75, 3.05) is 26.3 Å². The second-order valence-electron chi connectivity index (χ2n) is 7.39. The van der Waals surface area contributed by atoms with Crippen LogP contribution in [-0.2, 0) is 14.3 Å². The zero-order chi connectivity index (χ0) is 16.5. The number of carbonyl (C=O) groups excluding carboxylic acids is 2. The molecule has 0 aromatic heterocycles. The van der Waals surface area contributed by atoms with Crippen molar-refractivity contribution in [1.82, 2.24) is 9.80 Å². The summed E-state index contributed by atoms with van der Waals surface area (Å²) >= 11 is 0. The van der Waals surface area contributed by atoms with E-state index >= 15 is 0 Å². The lowest BCUT2D eigenvalue weighted by Gasteiger charge is -2.45. The number of hydrogen-bond acceptors (Lipinski definition) is 4. The number of amides is 2. The molecule has 2 aliphatic heterocycles. The van der Waals surface area contributed by atoms with Crippen molar-refractivity contribution in [1.29, 1.82) is 0 Å². The predicted molar refractivity (Wildman–Crippen MR) is 82.5 cm³/mol. The average Bonchev–Trinajstić information content (AvgIpc) is 2.89. The van der Waals surface area contributed by atoms with Crippen LogP contribution in [0.2, 0.25) is 0 Å². The molecule has 3 atom stereocenters. The van der Waals surface area contributed by atoms with E-state index in [2.05, 4.69) is 0 Å². The Hall–Kier alpha value is -1.30. The summed E-state index contributed by atoms with van der Waals surface area (Å²) < 4.78 is 10.8. The summed E-state index contributed by atoms with van der Waals surface area (Å²) in [7, 11) is 0. The summed E-state index contributed by atoms with van der Waals surface area (Å²) in [5.41, 5.74) is -0.502. The lowest BCUT2D eigenvalue weighted by atomic mass is 10.0. The van der Waals surface area contributed by atoms with Crippen LogP contribution in [0.4, 0.5) is 4.79 Å². The first-order valence-electron chi connectivity index (χ1n) is 8.07. The molecule has 0 aromatic carbocycles. The molecule has 0 radical (unpaired) electrons. The second-order valence-corrected chi connectivity index (χ2v) is 7.39. The molecule has 2 heterocycles. The van der Waals surface area contributed by atoms with E-state index in [1.165, 1.54) is 0 Å². The van der Waals surface area contributed by atoms with Gasteiger partial charge in [-0.05, 0) is 41.0 Å². The van der Waals surface area contributed by atoms with Gasteiger partial charge in [0.15, 0.2) is 0 Å². The number of piperazine rings is 1. The zero-order valence-electron chi connectivity index (χ0n) is 14.3. The first-order chi connectivity index (χ1) is 10.2. The fourth-order valence-electron chi connectivity index (χ4n) is 3.17. The maximum atomic E-state index is 12.6. The van der Waals surface area contributed by atoms with E-state index in [0.29, 0.717) is 26.3 Å². The Kier molecular flexibility index (Phi) is 5.00. The number of ether oxygens (including phenoxy) is 2.